The highest BCUT2D eigenvalue weighted by Crippen LogP contribution is 2.28. The molecule has 5 aromatic rings. The van der Waals surface area contributed by atoms with Crippen molar-refractivity contribution in [3.63, 3.8) is 0 Å². The summed E-state index contributed by atoms with van der Waals surface area (Å²) >= 11 is 0. The van der Waals surface area contributed by atoms with Crippen LogP contribution in [-0.2, 0) is 17.8 Å². The Bertz CT molecular complexity index is 1970. The van der Waals surface area contributed by atoms with E-state index >= 15 is 0 Å². The average Bonchev–Trinajstić information content (AvgIpc) is 3.14. The summed E-state index contributed by atoms with van der Waals surface area (Å²) in [6.45, 7) is 4.19. The summed E-state index contributed by atoms with van der Waals surface area (Å²) in [4.78, 5) is 49.5. The zero-order chi connectivity index (χ0) is 35.6. The number of carbonyl (C=O) groups is 3. The first-order valence-electron chi connectivity index (χ1n) is 17.5. The molecule has 0 saturated carbocycles. The third kappa shape index (κ3) is 9.42. The van der Waals surface area contributed by atoms with E-state index in [9.17, 15) is 14.4 Å². The van der Waals surface area contributed by atoms with Crippen LogP contribution in [0.25, 0.3) is 22.2 Å². The van der Waals surface area contributed by atoms with E-state index in [0.29, 0.717) is 41.5 Å². The molecule has 10 heteroatoms. The standard InChI is InChI=1S/C41H44N6O4/c1-47(2,26-12-23-42-40(49)34-17-7-6-15-31(34)29-48)28-39-38(43-36-19-10-11-20-37(36)44-39)27-46-24-21-32(22-25-46)51-41(50)45-35-18-9-8-16-33(35)30-13-4-3-5-14-30/h3-11,13-20,29,32H,12,21-28H2,1-2H3,(H-,42,45,49,50)/p+1. The predicted octanol–water partition coefficient (Wildman–Crippen LogP) is 6.72. The van der Waals surface area contributed by atoms with Gasteiger partial charge in [-0.25, -0.2) is 14.8 Å². The van der Waals surface area contributed by atoms with Crippen LogP contribution < -0.4 is 10.6 Å². The fourth-order valence-electron chi connectivity index (χ4n) is 6.57. The lowest BCUT2D eigenvalue weighted by Crippen LogP contribution is -2.42. The van der Waals surface area contributed by atoms with Gasteiger partial charge in [0.2, 0.25) is 0 Å². The molecule has 10 nitrogen and oxygen atoms in total. The van der Waals surface area contributed by atoms with Crippen molar-refractivity contribution in [1.82, 2.24) is 20.2 Å². The number of aldehydes is 1. The number of nitrogens with zero attached hydrogens (tertiary/aromatic N) is 4. The molecular weight excluding hydrogens is 640 g/mol. The maximum absolute atomic E-state index is 13.0. The van der Waals surface area contributed by atoms with Gasteiger partial charge in [-0.05, 0) is 42.7 Å². The monoisotopic (exact) mass is 685 g/mol. The van der Waals surface area contributed by atoms with E-state index in [-0.39, 0.29) is 12.0 Å². The quantitative estimate of drug-likeness (QED) is 0.0804. The Balaban J connectivity index is 1.03. The highest BCUT2D eigenvalue weighted by molar-refractivity contribution is 6.01. The summed E-state index contributed by atoms with van der Waals surface area (Å²) in [5.74, 6) is -0.242. The fraction of sp³-hybridized carbons (Fsp3) is 0.293. The molecule has 1 aromatic heterocycles. The Morgan fingerprint density at radius 1 is 0.843 bits per heavy atom. The van der Waals surface area contributed by atoms with Gasteiger partial charge >= 0.3 is 6.09 Å². The third-order valence-electron chi connectivity index (χ3n) is 9.29. The van der Waals surface area contributed by atoms with Gasteiger partial charge in [0.25, 0.3) is 5.91 Å². The van der Waals surface area contributed by atoms with Crippen LogP contribution in [0.15, 0.2) is 103 Å². The number of carbonyl (C=O) groups excluding carboxylic acids is 3. The van der Waals surface area contributed by atoms with Gasteiger partial charge in [0.15, 0.2) is 6.29 Å². The number of para-hydroxylation sites is 3. The molecule has 6 rings (SSSR count). The summed E-state index contributed by atoms with van der Waals surface area (Å²) in [6, 6.07) is 32.5. The zero-order valence-corrected chi connectivity index (χ0v) is 29.3. The van der Waals surface area contributed by atoms with Crippen molar-refractivity contribution < 1.29 is 23.6 Å². The van der Waals surface area contributed by atoms with Crippen LogP contribution in [0.3, 0.4) is 0 Å². The second-order valence-electron chi connectivity index (χ2n) is 13.7. The number of amides is 2. The smallest absolute Gasteiger partial charge is 0.411 e. The molecule has 2 heterocycles. The minimum atomic E-state index is -0.440. The van der Waals surface area contributed by atoms with Crippen molar-refractivity contribution in [3.8, 4) is 11.1 Å². The molecule has 0 spiro atoms. The summed E-state index contributed by atoms with van der Waals surface area (Å²) in [5, 5.41) is 5.92. The van der Waals surface area contributed by atoms with Crippen molar-refractivity contribution in [1.29, 1.82) is 0 Å². The first-order valence-corrected chi connectivity index (χ1v) is 17.5. The second-order valence-corrected chi connectivity index (χ2v) is 13.7. The molecule has 4 aromatic carbocycles. The van der Waals surface area contributed by atoms with Crippen molar-refractivity contribution in [3.05, 3.63) is 126 Å². The lowest BCUT2D eigenvalue weighted by molar-refractivity contribution is -0.904. The van der Waals surface area contributed by atoms with Crippen LogP contribution in [0.5, 0.6) is 0 Å². The van der Waals surface area contributed by atoms with Crippen molar-refractivity contribution in [2.24, 2.45) is 0 Å². The number of aromatic nitrogens is 2. The number of nitrogens with one attached hydrogen (secondary N) is 2. The zero-order valence-electron chi connectivity index (χ0n) is 29.3. The van der Waals surface area contributed by atoms with Gasteiger partial charge in [0.05, 0.1) is 43.1 Å². The first kappa shape index (κ1) is 35.4. The molecule has 0 bridgehead atoms. The maximum Gasteiger partial charge on any atom is 0.411 e. The summed E-state index contributed by atoms with van der Waals surface area (Å²) < 4.78 is 6.55. The minimum Gasteiger partial charge on any atom is -0.446 e. The van der Waals surface area contributed by atoms with E-state index in [0.717, 1.165) is 78.1 Å². The number of fused-ring (bicyclic) bond motifs is 1. The molecule has 262 valence electrons. The largest absolute Gasteiger partial charge is 0.446 e. The lowest BCUT2D eigenvalue weighted by atomic mass is 10.0. The molecule has 51 heavy (non-hydrogen) atoms. The van der Waals surface area contributed by atoms with E-state index in [1.54, 1.807) is 24.3 Å². The molecule has 0 atom stereocenters. The number of hydrogen-bond acceptors (Lipinski definition) is 7. The van der Waals surface area contributed by atoms with E-state index in [1.165, 1.54) is 0 Å². The Morgan fingerprint density at radius 3 is 2.24 bits per heavy atom. The van der Waals surface area contributed by atoms with E-state index in [2.05, 4.69) is 29.6 Å². The SMILES string of the molecule is C[N+](C)(CCCNC(=O)c1ccccc1C=O)Cc1nc2ccccc2nc1CN1CCC(OC(=O)Nc2ccccc2-c2ccccc2)CC1. The molecule has 0 radical (unpaired) electrons. The molecule has 0 unspecified atom stereocenters. The Morgan fingerprint density at radius 2 is 1.49 bits per heavy atom. The van der Waals surface area contributed by atoms with Crippen molar-refractivity contribution in [2.45, 2.75) is 38.5 Å². The predicted molar refractivity (Wildman–Crippen MR) is 199 cm³/mol. The fourth-order valence-corrected chi connectivity index (χ4v) is 6.57. The van der Waals surface area contributed by atoms with Crippen LogP contribution in [0, 0.1) is 0 Å². The van der Waals surface area contributed by atoms with Crippen LogP contribution >= 0.6 is 0 Å². The van der Waals surface area contributed by atoms with Gasteiger partial charge in [-0.2, -0.15) is 0 Å². The minimum absolute atomic E-state index is 0.171. The molecule has 2 amide bonds. The van der Waals surface area contributed by atoms with Crippen molar-refractivity contribution in [2.75, 3.05) is 45.6 Å². The Kier molecular flexibility index (Phi) is 11.4. The molecule has 1 aliphatic heterocycles. The molecule has 1 saturated heterocycles. The van der Waals surface area contributed by atoms with Crippen molar-refractivity contribution >= 4 is 35.0 Å². The normalized spacial score (nSPS) is 13.8. The number of hydrogen-bond donors (Lipinski definition) is 2. The third-order valence-corrected chi connectivity index (χ3v) is 9.29. The number of likely N-dealkylation sites (tertiary alicyclic amines) is 1. The molecule has 1 aliphatic rings. The van der Waals surface area contributed by atoms with Crippen LogP contribution in [0.4, 0.5) is 10.5 Å². The second kappa shape index (κ2) is 16.5. The van der Waals surface area contributed by atoms with Crippen LogP contribution in [-0.4, -0.2) is 84.0 Å². The number of piperidine rings is 1. The molecule has 0 aliphatic carbocycles. The molecule has 2 N–H and O–H groups in total. The summed E-state index contributed by atoms with van der Waals surface area (Å²) in [7, 11) is 4.33. The number of benzene rings is 4. The van der Waals surface area contributed by atoms with Gasteiger partial charge < -0.3 is 14.5 Å². The van der Waals surface area contributed by atoms with Gasteiger partial charge in [0, 0.05) is 49.3 Å². The van der Waals surface area contributed by atoms with Crippen LogP contribution in [0.2, 0.25) is 0 Å². The van der Waals surface area contributed by atoms with E-state index in [4.69, 9.17) is 14.7 Å². The number of ether oxygens (including phenoxy) is 1. The number of anilines is 1. The van der Waals surface area contributed by atoms with Gasteiger partial charge in [-0.15, -0.1) is 0 Å². The number of rotatable bonds is 13. The van der Waals surface area contributed by atoms with E-state index in [1.807, 2.05) is 78.9 Å². The Hall–Kier alpha value is -5.45. The molecule has 1 fully saturated rings. The van der Waals surface area contributed by atoms with Gasteiger partial charge in [-0.1, -0.05) is 78.9 Å². The summed E-state index contributed by atoms with van der Waals surface area (Å²) in [5.41, 5.74) is 7.11. The van der Waals surface area contributed by atoms with Crippen LogP contribution in [0.1, 0.15) is 51.4 Å². The highest BCUT2D eigenvalue weighted by atomic mass is 16.6. The highest BCUT2D eigenvalue weighted by Gasteiger charge is 2.26. The average molecular weight is 686 g/mol. The van der Waals surface area contributed by atoms with E-state index < -0.39 is 6.09 Å². The van der Waals surface area contributed by atoms with Gasteiger partial charge in [-0.3, -0.25) is 19.8 Å². The lowest BCUT2D eigenvalue weighted by Gasteiger charge is -2.33. The number of quaternary nitrogens is 1. The topological polar surface area (TPSA) is 114 Å². The first-order chi connectivity index (χ1) is 24.8. The van der Waals surface area contributed by atoms with Gasteiger partial charge in [0.1, 0.15) is 18.3 Å². The Labute approximate surface area is 299 Å². The summed E-state index contributed by atoms with van der Waals surface area (Å²) in [6.07, 6.45) is 2.32. The molecular formula is C41H45N6O4+. The maximum atomic E-state index is 13.0.